The molecule has 1 aromatic rings. The van der Waals surface area contributed by atoms with Gasteiger partial charge in [-0.2, -0.15) is 0 Å². The first-order valence-corrected chi connectivity index (χ1v) is 5.39. The molecule has 0 saturated heterocycles. The Morgan fingerprint density at radius 1 is 1.21 bits per heavy atom. The lowest BCUT2D eigenvalue weighted by Gasteiger charge is -2.27. The maximum Gasteiger partial charge on any atom is 0.0525 e. The van der Waals surface area contributed by atoms with E-state index in [1.54, 1.807) is 0 Å². The molecule has 0 bridgehead atoms. The largest absolute Gasteiger partial charge is 0.395 e. The van der Waals surface area contributed by atoms with Gasteiger partial charge in [0.1, 0.15) is 0 Å². The minimum Gasteiger partial charge on any atom is -0.395 e. The number of aliphatic hydroxyl groups excluding tert-OH is 1. The maximum absolute atomic E-state index is 9.47. The zero-order chi connectivity index (χ0) is 10.4. The summed E-state index contributed by atoms with van der Waals surface area (Å²) in [5.74, 6) is 0. The molecule has 1 rings (SSSR count). The van der Waals surface area contributed by atoms with Crippen molar-refractivity contribution >= 4 is 0 Å². The molecule has 1 nitrogen and oxygen atoms in total. The summed E-state index contributed by atoms with van der Waals surface area (Å²) in [6.45, 7) is 4.55. The zero-order valence-corrected chi connectivity index (χ0v) is 9.16. The molecule has 1 aromatic carbocycles. The third-order valence-corrected chi connectivity index (χ3v) is 2.90. The van der Waals surface area contributed by atoms with Crippen LogP contribution in [-0.2, 0) is 5.41 Å². The Morgan fingerprint density at radius 3 is 2.36 bits per heavy atom. The Morgan fingerprint density at radius 2 is 1.86 bits per heavy atom. The second kappa shape index (κ2) is 5.16. The van der Waals surface area contributed by atoms with E-state index in [1.165, 1.54) is 18.4 Å². The van der Waals surface area contributed by atoms with Crippen LogP contribution in [0, 0.1) is 0 Å². The molecule has 1 unspecified atom stereocenters. The van der Waals surface area contributed by atoms with E-state index in [9.17, 15) is 5.11 Å². The van der Waals surface area contributed by atoms with Crippen molar-refractivity contribution in [1.82, 2.24) is 0 Å². The highest BCUT2D eigenvalue weighted by Crippen LogP contribution is 2.28. The highest BCUT2D eigenvalue weighted by molar-refractivity contribution is 5.24. The quantitative estimate of drug-likeness (QED) is 0.760. The molecule has 0 aliphatic heterocycles. The molecule has 78 valence electrons. The molecule has 0 spiro atoms. The number of unbranched alkanes of at least 4 members (excludes halogenated alkanes) is 1. The van der Waals surface area contributed by atoms with Gasteiger partial charge < -0.3 is 5.11 Å². The van der Waals surface area contributed by atoms with E-state index in [0.717, 1.165) is 6.42 Å². The number of rotatable bonds is 5. The first kappa shape index (κ1) is 11.3. The van der Waals surface area contributed by atoms with E-state index >= 15 is 0 Å². The van der Waals surface area contributed by atoms with Crippen molar-refractivity contribution < 1.29 is 5.11 Å². The van der Waals surface area contributed by atoms with Crippen LogP contribution in [-0.4, -0.2) is 11.7 Å². The third-order valence-electron chi connectivity index (χ3n) is 2.90. The predicted molar refractivity (Wildman–Crippen MR) is 60.4 cm³/mol. The van der Waals surface area contributed by atoms with Gasteiger partial charge in [0.05, 0.1) is 6.61 Å². The maximum atomic E-state index is 9.47. The Labute approximate surface area is 86.8 Å². The van der Waals surface area contributed by atoms with Crippen molar-refractivity contribution in [2.24, 2.45) is 0 Å². The van der Waals surface area contributed by atoms with Gasteiger partial charge in [-0.3, -0.25) is 0 Å². The van der Waals surface area contributed by atoms with Crippen LogP contribution in [0.15, 0.2) is 30.3 Å². The van der Waals surface area contributed by atoms with Crippen molar-refractivity contribution in [3.8, 4) is 0 Å². The molecule has 14 heavy (non-hydrogen) atoms. The lowest BCUT2D eigenvalue weighted by atomic mass is 9.79. The minimum absolute atomic E-state index is 0.0583. The lowest BCUT2D eigenvalue weighted by molar-refractivity contribution is 0.194. The summed E-state index contributed by atoms with van der Waals surface area (Å²) in [6.07, 6.45) is 3.42. The van der Waals surface area contributed by atoms with E-state index in [1.807, 2.05) is 18.2 Å². The normalized spacial score (nSPS) is 15.1. The number of hydrogen-bond acceptors (Lipinski definition) is 1. The first-order valence-electron chi connectivity index (χ1n) is 5.39. The van der Waals surface area contributed by atoms with E-state index in [0.29, 0.717) is 0 Å². The fourth-order valence-corrected chi connectivity index (χ4v) is 1.72. The number of benzene rings is 1. The van der Waals surface area contributed by atoms with Crippen LogP contribution >= 0.6 is 0 Å². The highest BCUT2D eigenvalue weighted by atomic mass is 16.3. The van der Waals surface area contributed by atoms with Crippen molar-refractivity contribution in [2.45, 2.75) is 38.5 Å². The van der Waals surface area contributed by atoms with Gasteiger partial charge in [0, 0.05) is 5.41 Å². The van der Waals surface area contributed by atoms with Crippen LogP contribution in [0.3, 0.4) is 0 Å². The Balaban J connectivity index is 2.79. The van der Waals surface area contributed by atoms with Crippen LogP contribution in [0.25, 0.3) is 0 Å². The highest BCUT2D eigenvalue weighted by Gasteiger charge is 2.24. The SMILES string of the molecule is CCCCC(C)(CO)c1ccccc1. The molecule has 0 aliphatic carbocycles. The average molecular weight is 192 g/mol. The Kier molecular flexibility index (Phi) is 4.15. The summed E-state index contributed by atoms with van der Waals surface area (Å²) in [5.41, 5.74) is 1.19. The zero-order valence-electron chi connectivity index (χ0n) is 9.16. The van der Waals surface area contributed by atoms with Crippen molar-refractivity contribution in [3.05, 3.63) is 35.9 Å². The molecule has 1 atom stereocenters. The van der Waals surface area contributed by atoms with Gasteiger partial charge in [-0.25, -0.2) is 0 Å². The van der Waals surface area contributed by atoms with Crippen molar-refractivity contribution in [3.63, 3.8) is 0 Å². The van der Waals surface area contributed by atoms with E-state index < -0.39 is 0 Å². The van der Waals surface area contributed by atoms with E-state index in [-0.39, 0.29) is 12.0 Å². The average Bonchev–Trinajstić information content (AvgIpc) is 2.27. The summed E-state index contributed by atoms with van der Waals surface area (Å²) in [6, 6.07) is 10.3. The van der Waals surface area contributed by atoms with Crippen LogP contribution in [0.2, 0.25) is 0 Å². The second-order valence-corrected chi connectivity index (χ2v) is 4.19. The minimum atomic E-state index is -0.0583. The summed E-state index contributed by atoms with van der Waals surface area (Å²) in [7, 11) is 0. The summed E-state index contributed by atoms with van der Waals surface area (Å²) < 4.78 is 0. The molecule has 0 aliphatic rings. The lowest BCUT2D eigenvalue weighted by Crippen LogP contribution is -2.26. The third kappa shape index (κ3) is 2.58. The fourth-order valence-electron chi connectivity index (χ4n) is 1.72. The fraction of sp³-hybridized carbons (Fsp3) is 0.538. The van der Waals surface area contributed by atoms with Crippen LogP contribution < -0.4 is 0 Å². The van der Waals surface area contributed by atoms with Gasteiger partial charge in [-0.15, -0.1) is 0 Å². The van der Waals surface area contributed by atoms with E-state index in [4.69, 9.17) is 0 Å². The van der Waals surface area contributed by atoms with Gasteiger partial charge in [0.2, 0.25) is 0 Å². The van der Waals surface area contributed by atoms with Gasteiger partial charge in [0.25, 0.3) is 0 Å². The number of hydrogen-bond donors (Lipinski definition) is 1. The van der Waals surface area contributed by atoms with Crippen molar-refractivity contribution in [1.29, 1.82) is 0 Å². The first-order chi connectivity index (χ1) is 6.73. The Hall–Kier alpha value is -0.820. The van der Waals surface area contributed by atoms with Gasteiger partial charge in [0.15, 0.2) is 0 Å². The predicted octanol–water partition coefficient (Wildman–Crippen LogP) is 3.13. The van der Waals surface area contributed by atoms with Crippen molar-refractivity contribution in [2.75, 3.05) is 6.61 Å². The monoisotopic (exact) mass is 192 g/mol. The van der Waals surface area contributed by atoms with Crippen LogP contribution in [0.5, 0.6) is 0 Å². The standard InChI is InChI=1S/C13H20O/c1-3-4-10-13(2,11-14)12-8-6-5-7-9-12/h5-9,14H,3-4,10-11H2,1-2H3. The van der Waals surface area contributed by atoms with Crippen LogP contribution in [0.1, 0.15) is 38.7 Å². The summed E-state index contributed by atoms with van der Waals surface area (Å²) in [5, 5.41) is 9.47. The van der Waals surface area contributed by atoms with Gasteiger partial charge in [-0.05, 0) is 12.0 Å². The molecule has 0 aromatic heterocycles. The molecule has 1 N–H and O–H groups in total. The second-order valence-electron chi connectivity index (χ2n) is 4.19. The molecule has 0 amide bonds. The summed E-state index contributed by atoms with van der Waals surface area (Å²) >= 11 is 0. The van der Waals surface area contributed by atoms with Gasteiger partial charge >= 0.3 is 0 Å². The molecule has 0 saturated carbocycles. The summed E-state index contributed by atoms with van der Waals surface area (Å²) in [4.78, 5) is 0. The van der Waals surface area contributed by atoms with Gasteiger partial charge in [-0.1, -0.05) is 57.0 Å². The van der Waals surface area contributed by atoms with Crippen LogP contribution in [0.4, 0.5) is 0 Å². The number of aliphatic hydroxyl groups is 1. The van der Waals surface area contributed by atoms with E-state index in [2.05, 4.69) is 26.0 Å². The topological polar surface area (TPSA) is 20.2 Å². The molecule has 0 heterocycles. The molecule has 0 radical (unpaired) electrons. The molecular formula is C13H20O. The molecule has 1 heteroatoms. The smallest absolute Gasteiger partial charge is 0.0525 e. The molecular weight excluding hydrogens is 172 g/mol. The Bertz CT molecular complexity index is 255. The molecule has 0 fully saturated rings.